The summed E-state index contributed by atoms with van der Waals surface area (Å²) in [5, 5.41) is 5.56. The fourth-order valence-corrected chi connectivity index (χ4v) is 4.21. The van der Waals surface area contributed by atoms with E-state index in [1.54, 1.807) is 13.0 Å². The first kappa shape index (κ1) is 25.1. The van der Waals surface area contributed by atoms with Crippen LogP contribution < -0.4 is 10.1 Å². The van der Waals surface area contributed by atoms with E-state index in [0.29, 0.717) is 10.8 Å². The van der Waals surface area contributed by atoms with Gasteiger partial charge in [-0.25, -0.2) is 0 Å². The van der Waals surface area contributed by atoms with E-state index in [2.05, 4.69) is 21.2 Å². The van der Waals surface area contributed by atoms with Gasteiger partial charge < -0.3 is 15.0 Å². The second-order valence-corrected chi connectivity index (χ2v) is 9.19. The molecule has 0 unspecified atom stereocenters. The number of amides is 2. The number of nitrogens with zero attached hydrogens (tertiary/aromatic N) is 1. The van der Waals surface area contributed by atoms with Crippen molar-refractivity contribution in [1.82, 2.24) is 10.2 Å². The Morgan fingerprint density at radius 1 is 1.06 bits per heavy atom. The van der Waals surface area contributed by atoms with E-state index < -0.39 is 6.04 Å². The highest BCUT2D eigenvalue weighted by atomic mass is 79.9. The Morgan fingerprint density at radius 2 is 1.76 bits per heavy atom. The highest BCUT2D eigenvalue weighted by Gasteiger charge is 2.27. The highest BCUT2D eigenvalue weighted by Crippen LogP contribution is 2.33. The maximum atomic E-state index is 13.3. The van der Waals surface area contributed by atoms with Crippen LogP contribution in [0.1, 0.15) is 32.8 Å². The van der Waals surface area contributed by atoms with Crippen molar-refractivity contribution in [3.8, 4) is 5.75 Å². The summed E-state index contributed by atoms with van der Waals surface area (Å²) in [6.07, 6.45) is 0.802. The normalized spacial score (nSPS) is 12.8. The first-order valence-electron chi connectivity index (χ1n) is 10.9. The zero-order valence-electron chi connectivity index (χ0n) is 19.0. The predicted octanol–water partition coefficient (Wildman–Crippen LogP) is 5.97. The predicted molar refractivity (Wildman–Crippen MR) is 137 cm³/mol. The molecule has 0 saturated carbocycles. The van der Waals surface area contributed by atoms with Gasteiger partial charge in [0.2, 0.25) is 5.91 Å². The molecule has 0 fully saturated rings. The molecular weight excluding hydrogens is 504 g/mol. The molecular formula is C26H28BrClN2O3. The smallest absolute Gasteiger partial charge is 0.261 e. The lowest BCUT2D eigenvalue weighted by atomic mass is 10.1. The van der Waals surface area contributed by atoms with Gasteiger partial charge in [0.25, 0.3) is 5.91 Å². The molecule has 3 aromatic carbocycles. The average molecular weight is 532 g/mol. The number of hydrogen-bond donors (Lipinski definition) is 1. The Morgan fingerprint density at radius 3 is 2.48 bits per heavy atom. The van der Waals surface area contributed by atoms with Gasteiger partial charge in [-0.1, -0.05) is 67.1 Å². The van der Waals surface area contributed by atoms with Crippen LogP contribution in [0.25, 0.3) is 10.8 Å². The number of rotatable bonds is 9. The van der Waals surface area contributed by atoms with E-state index in [-0.39, 0.29) is 31.0 Å². The first-order valence-corrected chi connectivity index (χ1v) is 12.1. The number of fused-ring (bicyclic) bond motifs is 1. The van der Waals surface area contributed by atoms with Gasteiger partial charge in [-0.3, -0.25) is 9.59 Å². The molecule has 0 aliphatic rings. The van der Waals surface area contributed by atoms with Crippen molar-refractivity contribution in [1.29, 1.82) is 0 Å². The summed E-state index contributed by atoms with van der Waals surface area (Å²) < 4.78 is 6.67. The third-order valence-corrected chi connectivity index (χ3v) is 6.83. The molecule has 174 valence electrons. The van der Waals surface area contributed by atoms with Crippen LogP contribution in [0.3, 0.4) is 0 Å². The Hall–Kier alpha value is -2.57. The zero-order valence-corrected chi connectivity index (χ0v) is 21.3. The van der Waals surface area contributed by atoms with Gasteiger partial charge in [-0.15, -0.1) is 0 Å². The number of nitrogens with one attached hydrogen (secondary N) is 1. The van der Waals surface area contributed by atoms with Crippen molar-refractivity contribution >= 4 is 50.1 Å². The molecule has 5 nitrogen and oxygen atoms in total. The van der Waals surface area contributed by atoms with E-state index in [9.17, 15) is 9.59 Å². The van der Waals surface area contributed by atoms with Crippen LogP contribution in [0.15, 0.2) is 65.1 Å². The minimum Gasteiger partial charge on any atom is -0.483 e. The first-order chi connectivity index (χ1) is 15.8. The summed E-state index contributed by atoms with van der Waals surface area (Å²) in [4.78, 5) is 27.6. The van der Waals surface area contributed by atoms with Gasteiger partial charge in [0.15, 0.2) is 6.61 Å². The van der Waals surface area contributed by atoms with E-state index in [1.165, 1.54) is 4.90 Å². The molecule has 0 radical (unpaired) electrons. The monoisotopic (exact) mass is 530 g/mol. The SMILES string of the molecule is CC[C@@H](C)NC(=O)[C@@H](C)N(Cc1ccccc1Cl)C(=O)COc1ccc2ccccc2c1Br. The third-order valence-electron chi connectivity index (χ3n) is 5.65. The summed E-state index contributed by atoms with van der Waals surface area (Å²) in [5.74, 6) is 0.0508. The van der Waals surface area contributed by atoms with Gasteiger partial charge in [0, 0.05) is 17.6 Å². The molecule has 0 aromatic heterocycles. The molecule has 3 aromatic rings. The second kappa shape index (κ2) is 11.5. The molecule has 3 rings (SSSR count). The molecule has 2 atom stereocenters. The van der Waals surface area contributed by atoms with Crippen LogP contribution in [-0.4, -0.2) is 35.4 Å². The van der Waals surface area contributed by atoms with Crippen LogP contribution in [0.2, 0.25) is 5.02 Å². The van der Waals surface area contributed by atoms with Crippen LogP contribution in [0.5, 0.6) is 5.75 Å². The molecule has 0 spiro atoms. The van der Waals surface area contributed by atoms with Gasteiger partial charge in [-0.2, -0.15) is 0 Å². The topological polar surface area (TPSA) is 58.6 Å². The largest absolute Gasteiger partial charge is 0.483 e. The number of carbonyl (C=O) groups is 2. The highest BCUT2D eigenvalue weighted by molar-refractivity contribution is 9.10. The molecule has 7 heteroatoms. The van der Waals surface area contributed by atoms with Crippen molar-refractivity contribution in [2.24, 2.45) is 0 Å². The number of hydrogen-bond acceptors (Lipinski definition) is 3. The summed E-state index contributed by atoms with van der Waals surface area (Å²) >= 11 is 9.93. The molecule has 0 saturated heterocycles. The molecule has 33 heavy (non-hydrogen) atoms. The van der Waals surface area contributed by atoms with Crippen LogP contribution >= 0.6 is 27.5 Å². The summed E-state index contributed by atoms with van der Waals surface area (Å²) in [6, 6.07) is 18.3. The number of carbonyl (C=O) groups excluding carboxylic acids is 2. The van der Waals surface area contributed by atoms with Gasteiger partial charge in [0.05, 0.1) is 4.47 Å². The van der Waals surface area contributed by atoms with E-state index in [1.807, 2.05) is 68.4 Å². The van der Waals surface area contributed by atoms with Crippen LogP contribution in [0, 0.1) is 0 Å². The average Bonchev–Trinajstić information content (AvgIpc) is 2.82. The van der Waals surface area contributed by atoms with E-state index >= 15 is 0 Å². The molecule has 0 bridgehead atoms. The maximum absolute atomic E-state index is 13.3. The Labute approximate surface area is 208 Å². The number of ether oxygens (including phenoxy) is 1. The van der Waals surface area contributed by atoms with Crippen molar-refractivity contribution in [2.45, 2.75) is 45.8 Å². The van der Waals surface area contributed by atoms with E-state index in [4.69, 9.17) is 16.3 Å². The minimum absolute atomic E-state index is 0.0158. The molecule has 0 aliphatic carbocycles. The summed E-state index contributed by atoms with van der Waals surface area (Å²) in [7, 11) is 0. The standard InChI is InChI=1S/C26H28BrClN2O3/c1-4-17(2)29-26(32)18(3)30(15-20-10-6-8-12-22(20)28)24(31)16-33-23-14-13-19-9-5-7-11-21(19)25(23)27/h5-14,17-18H,4,15-16H2,1-3H3,(H,29,32)/t17-,18-/m1/s1. The van der Waals surface area contributed by atoms with Crippen molar-refractivity contribution < 1.29 is 14.3 Å². The lowest BCUT2D eigenvalue weighted by Gasteiger charge is -2.30. The summed E-state index contributed by atoms with van der Waals surface area (Å²) in [5.41, 5.74) is 0.766. The number of halogens is 2. The van der Waals surface area contributed by atoms with E-state index in [0.717, 1.165) is 27.2 Å². The zero-order chi connectivity index (χ0) is 24.0. The van der Waals surface area contributed by atoms with Gasteiger partial charge in [-0.05, 0) is 64.7 Å². The van der Waals surface area contributed by atoms with Crippen molar-refractivity contribution in [3.05, 3.63) is 75.7 Å². The van der Waals surface area contributed by atoms with Gasteiger partial charge >= 0.3 is 0 Å². The van der Waals surface area contributed by atoms with Crippen LogP contribution in [0.4, 0.5) is 0 Å². The molecule has 1 N–H and O–H groups in total. The fraction of sp³-hybridized carbons (Fsp3) is 0.308. The molecule has 0 aliphatic heterocycles. The third kappa shape index (κ3) is 6.27. The summed E-state index contributed by atoms with van der Waals surface area (Å²) in [6.45, 7) is 5.65. The minimum atomic E-state index is -0.689. The fourth-order valence-electron chi connectivity index (χ4n) is 3.41. The Bertz CT molecular complexity index is 1140. The lowest BCUT2D eigenvalue weighted by molar-refractivity contribution is -0.142. The van der Waals surface area contributed by atoms with Crippen molar-refractivity contribution in [3.63, 3.8) is 0 Å². The van der Waals surface area contributed by atoms with Crippen LogP contribution in [-0.2, 0) is 16.1 Å². The molecule has 2 amide bonds. The van der Waals surface area contributed by atoms with Gasteiger partial charge in [0.1, 0.15) is 11.8 Å². The lowest BCUT2D eigenvalue weighted by Crippen LogP contribution is -2.50. The number of benzene rings is 3. The quantitative estimate of drug-likeness (QED) is 0.370. The molecule has 0 heterocycles. The van der Waals surface area contributed by atoms with Crippen molar-refractivity contribution in [2.75, 3.05) is 6.61 Å². The maximum Gasteiger partial charge on any atom is 0.261 e. The second-order valence-electron chi connectivity index (χ2n) is 7.99. The Balaban J connectivity index is 1.80. The Kier molecular flexibility index (Phi) is 8.75.